The van der Waals surface area contributed by atoms with Crippen molar-refractivity contribution < 1.29 is 16.8 Å². The number of nitrogens with zero attached hydrogens (tertiary/aromatic N) is 4. The first-order chi connectivity index (χ1) is 16.7. The predicted octanol–water partition coefficient (Wildman–Crippen LogP) is 2.32. The Morgan fingerprint density at radius 2 is 1.66 bits per heavy atom. The third-order valence-electron chi connectivity index (χ3n) is 5.78. The third kappa shape index (κ3) is 5.09. The van der Waals surface area contributed by atoms with Gasteiger partial charge >= 0.3 is 0 Å². The number of rotatable bonds is 5. The van der Waals surface area contributed by atoms with Crippen LogP contribution in [-0.4, -0.2) is 56.4 Å². The van der Waals surface area contributed by atoms with Crippen molar-refractivity contribution in [2.45, 2.75) is 4.90 Å². The molecule has 0 atom stereocenters. The molecule has 0 bridgehead atoms. The van der Waals surface area contributed by atoms with Crippen LogP contribution >= 0.6 is 0 Å². The number of anilines is 3. The van der Waals surface area contributed by atoms with Crippen LogP contribution in [-0.2, 0) is 19.9 Å². The number of pyridine rings is 1. The van der Waals surface area contributed by atoms with Gasteiger partial charge < -0.3 is 10.2 Å². The average molecular weight is 511 g/mol. The Balaban J connectivity index is 1.41. The number of hydrogen-bond acceptors (Lipinski definition) is 9. The fraction of sp³-hybridized carbons (Fsp3) is 0.174. The topological polar surface area (TPSA) is 148 Å². The Hall–Kier alpha value is -3.61. The molecule has 0 radical (unpaired) electrons. The fourth-order valence-electron chi connectivity index (χ4n) is 3.88. The highest BCUT2D eigenvalue weighted by molar-refractivity contribution is 7.91. The second-order valence-corrected chi connectivity index (χ2v) is 12.0. The number of para-hydroxylation sites is 1. The van der Waals surface area contributed by atoms with Crippen LogP contribution in [0, 0.1) is 0 Å². The van der Waals surface area contributed by atoms with E-state index in [1.807, 2.05) is 35.2 Å². The molecule has 0 spiro atoms. The highest BCUT2D eigenvalue weighted by Gasteiger charge is 2.22. The van der Waals surface area contributed by atoms with E-state index in [1.54, 1.807) is 24.5 Å². The molecular weight excluding hydrogens is 488 g/mol. The van der Waals surface area contributed by atoms with Gasteiger partial charge in [0.25, 0.3) is 0 Å². The standard InChI is InChI=1S/C23H22N6O4S2/c24-35(32,33)19-7-5-18(6-8-19)27-23-26-15-17-2-1-3-20(22(17)28-23)16-4-9-21(25-14-16)29-10-12-34(30,31)13-11-29/h1-9,14-15H,10-13H2,(H2,24,32,33)(H,26,27,28). The SMILES string of the molecule is NS(=O)(=O)c1ccc(Nc2ncc3cccc(-c4ccc(N5CCS(=O)(=O)CC5)nc4)c3n2)cc1. The molecular formula is C23H22N6O4S2. The Bertz CT molecular complexity index is 1590. The van der Waals surface area contributed by atoms with E-state index in [0.29, 0.717) is 24.7 Å². The number of sulfonamides is 1. The summed E-state index contributed by atoms with van der Waals surface area (Å²) in [7, 11) is -6.72. The van der Waals surface area contributed by atoms with Crippen molar-refractivity contribution in [3.05, 3.63) is 67.0 Å². The van der Waals surface area contributed by atoms with E-state index >= 15 is 0 Å². The number of nitrogens with one attached hydrogen (secondary N) is 1. The van der Waals surface area contributed by atoms with Crippen molar-refractivity contribution in [1.82, 2.24) is 15.0 Å². The molecule has 1 aliphatic rings. The predicted molar refractivity (Wildman–Crippen MR) is 135 cm³/mol. The van der Waals surface area contributed by atoms with Gasteiger partial charge in [0, 0.05) is 47.7 Å². The third-order valence-corrected chi connectivity index (χ3v) is 8.32. The highest BCUT2D eigenvalue weighted by atomic mass is 32.2. The molecule has 1 fully saturated rings. The van der Waals surface area contributed by atoms with Crippen LogP contribution in [0.2, 0.25) is 0 Å². The summed E-state index contributed by atoms with van der Waals surface area (Å²) in [5.74, 6) is 1.37. The summed E-state index contributed by atoms with van der Waals surface area (Å²) >= 11 is 0. The summed E-state index contributed by atoms with van der Waals surface area (Å²) in [5.41, 5.74) is 3.08. The minimum atomic E-state index is -3.77. The molecule has 0 amide bonds. The first-order valence-electron chi connectivity index (χ1n) is 10.8. The van der Waals surface area contributed by atoms with Gasteiger partial charge in [-0.3, -0.25) is 0 Å². The zero-order valence-electron chi connectivity index (χ0n) is 18.5. The monoisotopic (exact) mass is 510 g/mol. The van der Waals surface area contributed by atoms with Gasteiger partial charge in [-0.1, -0.05) is 18.2 Å². The average Bonchev–Trinajstić information content (AvgIpc) is 2.84. The molecule has 4 aromatic rings. The summed E-state index contributed by atoms with van der Waals surface area (Å²) in [5, 5.41) is 9.08. The van der Waals surface area contributed by atoms with Crippen LogP contribution in [0.25, 0.3) is 22.0 Å². The second-order valence-electron chi connectivity index (χ2n) is 8.18. The smallest absolute Gasteiger partial charge is 0.238 e. The minimum Gasteiger partial charge on any atom is -0.355 e. The van der Waals surface area contributed by atoms with E-state index in [-0.39, 0.29) is 16.4 Å². The number of sulfone groups is 1. The molecule has 12 heteroatoms. The van der Waals surface area contributed by atoms with Gasteiger partial charge in [-0.05, 0) is 36.4 Å². The van der Waals surface area contributed by atoms with E-state index in [1.165, 1.54) is 12.1 Å². The van der Waals surface area contributed by atoms with Crippen molar-refractivity contribution in [3.8, 4) is 11.1 Å². The molecule has 35 heavy (non-hydrogen) atoms. The molecule has 180 valence electrons. The molecule has 1 saturated heterocycles. The number of primary sulfonamides is 1. The maximum atomic E-state index is 11.7. The van der Waals surface area contributed by atoms with E-state index < -0.39 is 19.9 Å². The number of aromatic nitrogens is 3. The van der Waals surface area contributed by atoms with Crippen molar-refractivity contribution in [1.29, 1.82) is 0 Å². The summed E-state index contributed by atoms with van der Waals surface area (Å²) in [6.07, 6.45) is 3.47. The van der Waals surface area contributed by atoms with E-state index in [0.717, 1.165) is 27.8 Å². The van der Waals surface area contributed by atoms with Crippen molar-refractivity contribution in [2.75, 3.05) is 34.8 Å². The minimum absolute atomic E-state index is 0.0203. The number of fused-ring (bicyclic) bond motifs is 1. The van der Waals surface area contributed by atoms with Crippen LogP contribution in [0.5, 0.6) is 0 Å². The quantitative estimate of drug-likeness (QED) is 0.412. The fourth-order valence-corrected chi connectivity index (χ4v) is 5.60. The summed E-state index contributed by atoms with van der Waals surface area (Å²) in [6.45, 7) is 0.868. The first kappa shape index (κ1) is 23.1. The lowest BCUT2D eigenvalue weighted by Crippen LogP contribution is -2.40. The van der Waals surface area contributed by atoms with E-state index in [9.17, 15) is 16.8 Å². The van der Waals surface area contributed by atoms with Gasteiger partial charge in [0.2, 0.25) is 16.0 Å². The lowest BCUT2D eigenvalue weighted by atomic mass is 10.0. The molecule has 2 aromatic carbocycles. The molecule has 2 aromatic heterocycles. The Labute approximate surface area is 202 Å². The van der Waals surface area contributed by atoms with Crippen molar-refractivity contribution in [3.63, 3.8) is 0 Å². The number of hydrogen-bond donors (Lipinski definition) is 2. The molecule has 3 N–H and O–H groups in total. The normalized spacial score (nSPS) is 15.7. The molecule has 3 heterocycles. The van der Waals surface area contributed by atoms with Gasteiger partial charge in [-0.2, -0.15) is 0 Å². The summed E-state index contributed by atoms with van der Waals surface area (Å²) < 4.78 is 46.3. The maximum absolute atomic E-state index is 11.7. The van der Waals surface area contributed by atoms with Gasteiger partial charge in [-0.25, -0.2) is 36.9 Å². The highest BCUT2D eigenvalue weighted by Crippen LogP contribution is 2.29. The van der Waals surface area contributed by atoms with E-state index in [2.05, 4.69) is 20.3 Å². The molecule has 1 aliphatic heterocycles. The van der Waals surface area contributed by atoms with Gasteiger partial charge in [-0.15, -0.1) is 0 Å². The maximum Gasteiger partial charge on any atom is 0.238 e. The van der Waals surface area contributed by atoms with Crippen molar-refractivity contribution in [2.24, 2.45) is 5.14 Å². The first-order valence-corrected chi connectivity index (χ1v) is 14.1. The second kappa shape index (κ2) is 8.87. The molecule has 5 rings (SSSR count). The lowest BCUT2D eigenvalue weighted by Gasteiger charge is -2.27. The lowest BCUT2D eigenvalue weighted by molar-refractivity contribution is 0.586. The van der Waals surface area contributed by atoms with Crippen LogP contribution < -0.4 is 15.4 Å². The molecule has 0 unspecified atom stereocenters. The Morgan fingerprint density at radius 3 is 2.31 bits per heavy atom. The number of nitrogens with two attached hydrogens (primary N) is 1. The van der Waals surface area contributed by atoms with Crippen molar-refractivity contribution >= 4 is 48.2 Å². The molecule has 0 saturated carbocycles. The molecule has 10 nitrogen and oxygen atoms in total. The van der Waals surface area contributed by atoms with Crippen LogP contribution in [0.4, 0.5) is 17.5 Å². The largest absolute Gasteiger partial charge is 0.355 e. The van der Waals surface area contributed by atoms with Crippen LogP contribution in [0.1, 0.15) is 0 Å². The zero-order chi connectivity index (χ0) is 24.6. The summed E-state index contributed by atoms with van der Waals surface area (Å²) in [4.78, 5) is 15.6. The zero-order valence-corrected chi connectivity index (χ0v) is 20.1. The Morgan fingerprint density at radius 1 is 0.914 bits per heavy atom. The summed E-state index contributed by atoms with van der Waals surface area (Å²) in [6, 6.07) is 15.6. The molecule has 0 aliphatic carbocycles. The van der Waals surface area contributed by atoms with Gasteiger partial charge in [0.1, 0.15) is 5.82 Å². The van der Waals surface area contributed by atoms with Crippen LogP contribution in [0.3, 0.4) is 0 Å². The van der Waals surface area contributed by atoms with Gasteiger partial charge in [0.05, 0.1) is 21.9 Å². The Kier molecular flexibility index (Phi) is 5.87. The van der Waals surface area contributed by atoms with E-state index in [4.69, 9.17) is 5.14 Å². The van der Waals surface area contributed by atoms with Gasteiger partial charge in [0.15, 0.2) is 9.84 Å². The van der Waals surface area contributed by atoms with Crippen LogP contribution in [0.15, 0.2) is 71.9 Å². The number of benzene rings is 2.